The Labute approximate surface area is 212 Å². The number of anilines is 1. The number of fused-ring (bicyclic) bond motifs is 4. The van der Waals surface area contributed by atoms with Crippen molar-refractivity contribution in [1.29, 1.82) is 0 Å². The lowest BCUT2D eigenvalue weighted by Gasteiger charge is -2.15. The molecule has 0 aliphatic heterocycles. The van der Waals surface area contributed by atoms with Crippen LogP contribution in [0.5, 0.6) is 0 Å². The maximum Gasteiger partial charge on any atom is 0.411 e. The number of aryl methyl sites for hydroxylation is 1. The molecule has 8 nitrogen and oxygen atoms in total. The minimum atomic E-state index is -1.13. The van der Waals surface area contributed by atoms with Crippen LogP contribution in [-0.4, -0.2) is 38.5 Å². The number of carbonyl (C=O) groups excluding carboxylic acids is 1. The minimum Gasteiger partial charge on any atom is -0.476 e. The van der Waals surface area contributed by atoms with Crippen LogP contribution in [0.15, 0.2) is 85.1 Å². The van der Waals surface area contributed by atoms with E-state index in [-0.39, 0.29) is 18.2 Å². The monoisotopic (exact) mass is 490 g/mol. The number of amides is 1. The fraction of sp³-hybridized carbons (Fsp3) is 0.103. The maximum atomic E-state index is 12.8. The van der Waals surface area contributed by atoms with E-state index in [0.717, 1.165) is 16.7 Å². The zero-order valence-electron chi connectivity index (χ0n) is 19.9. The Morgan fingerprint density at radius 1 is 0.946 bits per heavy atom. The van der Waals surface area contributed by atoms with Gasteiger partial charge in [-0.1, -0.05) is 60.7 Å². The highest BCUT2D eigenvalue weighted by Crippen LogP contribution is 2.44. The van der Waals surface area contributed by atoms with Crippen molar-refractivity contribution in [3.63, 3.8) is 0 Å². The van der Waals surface area contributed by atoms with Crippen molar-refractivity contribution in [3.05, 3.63) is 102 Å². The summed E-state index contributed by atoms with van der Waals surface area (Å²) < 4.78 is 7.11. The Kier molecular flexibility index (Phi) is 5.41. The number of hydrogen-bond acceptors (Lipinski definition) is 5. The van der Waals surface area contributed by atoms with Crippen molar-refractivity contribution in [3.8, 4) is 22.3 Å². The highest BCUT2D eigenvalue weighted by molar-refractivity contribution is 6.07. The number of carboxylic acids is 1. The molecule has 1 amide bonds. The fourth-order valence-corrected chi connectivity index (χ4v) is 5.08. The molecular formula is C29H22N4O4. The van der Waals surface area contributed by atoms with Gasteiger partial charge in [-0.2, -0.15) is 5.10 Å². The van der Waals surface area contributed by atoms with Gasteiger partial charge >= 0.3 is 12.1 Å². The van der Waals surface area contributed by atoms with Crippen LogP contribution in [0.1, 0.15) is 27.5 Å². The van der Waals surface area contributed by atoms with Crippen molar-refractivity contribution in [2.45, 2.75) is 5.92 Å². The Bertz CT molecular complexity index is 1650. The van der Waals surface area contributed by atoms with Crippen molar-refractivity contribution in [2.75, 3.05) is 11.9 Å². The average molecular weight is 491 g/mol. The van der Waals surface area contributed by atoms with E-state index in [9.17, 15) is 14.7 Å². The first-order valence-corrected chi connectivity index (χ1v) is 11.8. The number of nitrogens with one attached hydrogen (secondary N) is 1. The van der Waals surface area contributed by atoms with E-state index in [1.807, 2.05) is 30.3 Å². The summed E-state index contributed by atoms with van der Waals surface area (Å²) in [5, 5.41) is 17.0. The summed E-state index contributed by atoms with van der Waals surface area (Å²) in [5.74, 6) is -1.16. The molecule has 0 saturated heterocycles. The van der Waals surface area contributed by atoms with E-state index in [1.54, 1.807) is 37.5 Å². The van der Waals surface area contributed by atoms with Gasteiger partial charge in [-0.3, -0.25) is 5.32 Å². The summed E-state index contributed by atoms with van der Waals surface area (Å²) in [6, 6.07) is 25.3. The van der Waals surface area contributed by atoms with Crippen LogP contribution in [-0.2, 0) is 11.8 Å². The van der Waals surface area contributed by atoms with Gasteiger partial charge in [0.2, 0.25) is 0 Å². The van der Waals surface area contributed by atoms with Crippen molar-refractivity contribution in [2.24, 2.45) is 7.05 Å². The van der Waals surface area contributed by atoms with Gasteiger partial charge in [0.1, 0.15) is 6.61 Å². The van der Waals surface area contributed by atoms with E-state index < -0.39 is 12.1 Å². The largest absolute Gasteiger partial charge is 0.476 e. The molecule has 0 spiro atoms. The second kappa shape index (κ2) is 8.91. The van der Waals surface area contributed by atoms with Gasteiger partial charge in [0.05, 0.1) is 5.39 Å². The summed E-state index contributed by atoms with van der Waals surface area (Å²) in [6.45, 7) is 0.210. The van der Waals surface area contributed by atoms with Gasteiger partial charge in [0, 0.05) is 24.8 Å². The van der Waals surface area contributed by atoms with Crippen LogP contribution in [0.3, 0.4) is 0 Å². The predicted molar refractivity (Wildman–Crippen MR) is 140 cm³/mol. The molecule has 2 aromatic heterocycles. The van der Waals surface area contributed by atoms with Crippen molar-refractivity contribution in [1.82, 2.24) is 14.8 Å². The Balaban J connectivity index is 1.23. The lowest BCUT2D eigenvalue weighted by molar-refractivity contribution is 0.0691. The van der Waals surface area contributed by atoms with Crippen LogP contribution in [0.4, 0.5) is 10.5 Å². The molecule has 8 heteroatoms. The first-order chi connectivity index (χ1) is 18.0. The number of benzene rings is 3. The number of carbonyl (C=O) groups is 2. The lowest BCUT2D eigenvalue weighted by atomic mass is 9.98. The zero-order chi connectivity index (χ0) is 25.5. The number of nitrogens with zero attached hydrogens (tertiary/aromatic N) is 3. The quantitative estimate of drug-likeness (QED) is 0.328. The molecule has 37 heavy (non-hydrogen) atoms. The molecule has 0 atom stereocenters. The molecule has 5 aromatic rings. The summed E-state index contributed by atoms with van der Waals surface area (Å²) in [4.78, 5) is 28.8. The van der Waals surface area contributed by atoms with E-state index in [2.05, 4.69) is 39.7 Å². The smallest absolute Gasteiger partial charge is 0.411 e. The third-order valence-electron chi connectivity index (χ3n) is 6.69. The topological polar surface area (TPSA) is 106 Å². The summed E-state index contributed by atoms with van der Waals surface area (Å²) in [6.07, 6.45) is 1.04. The summed E-state index contributed by atoms with van der Waals surface area (Å²) in [5.41, 5.74) is 6.92. The minimum absolute atomic E-state index is 0.0328. The van der Waals surface area contributed by atoms with Gasteiger partial charge in [0.25, 0.3) is 0 Å². The fourth-order valence-electron chi connectivity index (χ4n) is 5.08. The number of ether oxygens (including phenoxy) is 1. The molecule has 0 unspecified atom stereocenters. The standard InChI is InChI=1S/C29H22N4O4/c1-33-27-25(26(32-33)28(34)35)19(13-14-30-27)17-7-6-8-18(15-17)31-29(36)37-16-24-22-11-4-2-9-20(22)21-10-3-5-12-23(21)24/h2-15,24H,16H2,1H3,(H,31,36)(H,34,35). The van der Waals surface area contributed by atoms with E-state index in [4.69, 9.17) is 4.74 Å². The molecule has 6 rings (SSSR count). The molecule has 182 valence electrons. The van der Waals surface area contributed by atoms with Gasteiger partial charge in [0.15, 0.2) is 11.3 Å². The molecule has 2 heterocycles. The molecule has 0 radical (unpaired) electrons. The van der Waals surface area contributed by atoms with Gasteiger partial charge in [-0.05, 0) is 51.6 Å². The second-order valence-corrected chi connectivity index (χ2v) is 8.87. The number of pyridine rings is 1. The van der Waals surface area contributed by atoms with E-state index >= 15 is 0 Å². The second-order valence-electron chi connectivity index (χ2n) is 8.87. The third-order valence-corrected chi connectivity index (χ3v) is 6.69. The molecule has 1 aliphatic carbocycles. The van der Waals surface area contributed by atoms with Crippen LogP contribution in [0.25, 0.3) is 33.3 Å². The number of aromatic carboxylic acids is 1. The lowest BCUT2D eigenvalue weighted by Crippen LogP contribution is -2.17. The summed E-state index contributed by atoms with van der Waals surface area (Å²) >= 11 is 0. The molecule has 0 fully saturated rings. The zero-order valence-corrected chi connectivity index (χ0v) is 19.9. The number of carboxylic acid groups (broad SMARTS) is 1. The van der Waals surface area contributed by atoms with E-state index in [1.165, 1.54) is 15.8 Å². The Morgan fingerprint density at radius 2 is 1.65 bits per heavy atom. The molecular weight excluding hydrogens is 468 g/mol. The molecule has 0 saturated carbocycles. The predicted octanol–water partition coefficient (Wildman–Crippen LogP) is 5.69. The normalized spacial score (nSPS) is 12.2. The van der Waals surface area contributed by atoms with Gasteiger partial charge in [-0.15, -0.1) is 0 Å². The molecule has 1 aliphatic rings. The van der Waals surface area contributed by atoms with Crippen LogP contribution in [0.2, 0.25) is 0 Å². The van der Waals surface area contributed by atoms with Crippen molar-refractivity contribution < 1.29 is 19.4 Å². The number of aromatic nitrogens is 3. The molecule has 2 N–H and O–H groups in total. The third kappa shape index (κ3) is 3.88. The highest BCUT2D eigenvalue weighted by atomic mass is 16.5. The SMILES string of the molecule is Cn1nc(C(=O)O)c2c(-c3cccc(NC(=O)OCC4c5ccccc5-c5ccccc54)c3)ccnc21. The first kappa shape index (κ1) is 22.5. The summed E-state index contributed by atoms with van der Waals surface area (Å²) in [7, 11) is 1.65. The first-order valence-electron chi connectivity index (χ1n) is 11.8. The highest BCUT2D eigenvalue weighted by Gasteiger charge is 2.29. The van der Waals surface area contributed by atoms with Crippen LogP contribution >= 0.6 is 0 Å². The molecule has 3 aromatic carbocycles. The van der Waals surface area contributed by atoms with Crippen LogP contribution < -0.4 is 5.32 Å². The van der Waals surface area contributed by atoms with Crippen molar-refractivity contribution >= 4 is 28.8 Å². The maximum absolute atomic E-state index is 12.8. The number of rotatable bonds is 5. The Hall–Kier alpha value is -4.98. The van der Waals surface area contributed by atoms with E-state index in [0.29, 0.717) is 22.3 Å². The number of hydrogen-bond donors (Lipinski definition) is 2. The average Bonchev–Trinajstić information content (AvgIpc) is 3.43. The van der Waals surface area contributed by atoms with Gasteiger partial charge < -0.3 is 9.84 Å². The molecule has 0 bridgehead atoms. The van der Waals surface area contributed by atoms with Crippen LogP contribution in [0, 0.1) is 0 Å². The Morgan fingerprint density at radius 3 is 2.35 bits per heavy atom. The van der Waals surface area contributed by atoms with Gasteiger partial charge in [-0.25, -0.2) is 19.3 Å².